The number of phenolic OH excluding ortho intramolecular Hbond substituents is 1. The van der Waals surface area contributed by atoms with Crippen molar-refractivity contribution in [2.75, 3.05) is 74.1 Å². The quantitative estimate of drug-likeness (QED) is 0.197. The maximum Gasteiger partial charge on any atom is 0.263 e. The summed E-state index contributed by atoms with van der Waals surface area (Å²) in [5, 5.41) is 23.6. The smallest absolute Gasteiger partial charge is 0.263 e. The number of phenols is 1. The first kappa shape index (κ1) is 34.0. The van der Waals surface area contributed by atoms with Crippen LogP contribution in [0.3, 0.4) is 0 Å². The van der Waals surface area contributed by atoms with Crippen molar-refractivity contribution in [3.63, 3.8) is 0 Å². The summed E-state index contributed by atoms with van der Waals surface area (Å²) >= 11 is 3.55. The largest absolute Gasteiger partial charge is 0.508 e. The molecule has 0 amide bonds. The minimum atomic E-state index is -0.463. The molecule has 2 aliphatic heterocycles. The van der Waals surface area contributed by atoms with E-state index in [0.717, 1.165) is 24.2 Å². The molecule has 1 aromatic heterocycles. The molecule has 1 aliphatic carbocycles. The van der Waals surface area contributed by atoms with Crippen molar-refractivity contribution in [3.8, 4) is 22.8 Å². The first-order valence-corrected chi connectivity index (χ1v) is 16.9. The van der Waals surface area contributed by atoms with Gasteiger partial charge in [0, 0.05) is 78.7 Å². The zero-order valence-corrected chi connectivity index (χ0v) is 29.3. The Balaban J connectivity index is 1.52. The summed E-state index contributed by atoms with van der Waals surface area (Å²) in [6.07, 6.45) is 0.527. The van der Waals surface area contributed by atoms with E-state index in [-0.39, 0.29) is 41.1 Å². The Labute approximate surface area is 285 Å². The van der Waals surface area contributed by atoms with Gasteiger partial charge in [0.25, 0.3) is 16.7 Å². The third-order valence-electron chi connectivity index (χ3n) is 9.09. The van der Waals surface area contributed by atoms with E-state index in [9.17, 15) is 24.6 Å². The average molecular weight is 722 g/mol. The lowest BCUT2D eigenvalue weighted by Crippen LogP contribution is -2.39. The summed E-state index contributed by atoms with van der Waals surface area (Å²) in [5.74, 6) is 0.0117. The topological polar surface area (TPSA) is 133 Å². The second-order valence-electron chi connectivity index (χ2n) is 13.0. The average Bonchev–Trinajstić information content (AvgIpc) is 3.04. The Hall–Kier alpha value is -3.88. The predicted molar refractivity (Wildman–Crippen MR) is 190 cm³/mol. The van der Waals surface area contributed by atoms with Crippen LogP contribution in [0.2, 0.25) is 0 Å². The van der Waals surface area contributed by atoms with Crippen LogP contribution in [-0.2, 0) is 30.8 Å². The van der Waals surface area contributed by atoms with Gasteiger partial charge in [0.15, 0.2) is 0 Å². The highest BCUT2D eigenvalue weighted by atomic mass is 79.9. The van der Waals surface area contributed by atoms with Crippen LogP contribution in [0.15, 0.2) is 54.2 Å². The lowest BCUT2D eigenvalue weighted by Gasteiger charge is -2.27. The molecule has 2 N–H and O–H groups in total. The Morgan fingerprint density at radius 3 is 2.21 bits per heavy atom. The van der Waals surface area contributed by atoms with Crippen molar-refractivity contribution >= 4 is 37.5 Å². The van der Waals surface area contributed by atoms with Crippen molar-refractivity contribution < 1.29 is 14.9 Å². The van der Waals surface area contributed by atoms with Crippen LogP contribution in [-0.4, -0.2) is 108 Å². The van der Waals surface area contributed by atoms with Crippen LogP contribution in [0.25, 0.3) is 32.7 Å². The second-order valence-corrected chi connectivity index (χ2v) is 13.8. The van der Waals surface area contributed by atoms with Crippen molar-refractivity contribution in [3.05, 3.63) is 82.4 Å². The summed E-state index contributed by atoms with van der Waals surface area (Å²) < 4.78 is 8.45. The molecule has 0 unspecified atom stereocenters. The molecular weight excluding hydrogens is 680 g/mol. The Kier molecular flexibility index (Phi) is 9.86. The molecule has 2 aromatic carbocycles. The molecule has 13 heteroatoms. The number of hydrogen-bond donors (Lipinski definition) is 2. The van der Waals surface area contributed by atoms with Crippen LogP contribution in [0.5, 0.6) is 11.6 Å². The van der Waals surface area contributed by atoms with Gasteiger partial charge in [-0.2, -0.15) is 0 Å². The molecule has 0 bridgehead atoms. The van der Waals surface area contributed by atoms with Crippen LogP contribution in [0.1, 0.15) is 11.1 Å². The first-order valence-electron chi connectivity index (χ1n) is 16.1. The number of hydrogen-bond acceptors (Lipinski definition) is 10. The zero-order chi connectivity index (χ0) is 34.3. The molecule has 48 heavy (non-hydrogen) atoms. The number of pyridine rings is 2. The Morgan fingerprint density at radius 1 is 0.854 bits per heavy atom. The normalized spacial score (nSPS) is 14.9. The summed E-state index contributed by atoms with van der Waals surface area (Å²) in [4.78, 5) is 52.9. The number of ether oxygens (including phenoxy) is 1. The van der Waals surface area contributed by atoms with E-state index in [1.165, 1.54) is 9.13 Å². The third kappa shape index (κ3) is 6.45. The minimum absolute atomic E-state index is 0.191. The van der Waals surface area contributed by atoms with Gasteiger partial charge < -0.3 is 24.7 Å². The maximum absolute atomic E-state index is 14.2. The highest BCUT2D eigenvalue weighted by Crippen LogP contribution is 2.40. The standard InChI is InChI=1S/C35H41BrN6O6/c1-38(2)9-11-41-33(45)24-19-26(37-8-7-21-5-6-27(43)22(17-21)20-40-13-15-48-16-14-40)31-29-23(18-25(36)30(28(24)29)34(41)46)32(44)42(35(31)47)12-10-39(3)4/h5-6,17-19,43-44H,7-16,20H2,1-4H3. The van der Waals surface area contributed by atoms with Gasteiger partial charge in [-0.1, -0.05) is 12.1 Å². The Bertz CT molecular complexity index is 2170. The molecule has 3 aliphatic rings. The molecule has 0 saturated carbocycles. The summed E-state index contributed by atoms with van der Waals surface area (Å²) in [6.45, 7) is 5.26. The van der Waals surface area contributed by atoms with Crippen molar-refractivity contribution in [2.45, 2.75) is 26.1 Å². The molecule has 12 nitrogen and oxygen atoms in total. The molecule has 0 radical (unpaired) electrons. The SMILES string of the molecule is CN(C)CCn1c(O)c2cc(Br)c3c4c2c(c(=NCCc2ccc(O)c(CN5CCOCC5)c2)cc-4c(=O)n(CCN(C)C)c3=O)c1=O. The second kappa shape index (κ2) is 13.9. The molecule has 0 spiro atoms. The van der Waals surface area contributed by atoms with Crippen molar-refractivity contribution in [1.82, 2.24) is 23.8 Å². The lowest BCUT2D eigenvalue weighted by atomic mass is 9.90. The van der Waals surface area contributed by atoms with E-state index in [2.05, 4.69) is 20.8 Å². The fraction of sp³-hybridized carbons (Fsp3) is 0.429. The Morgan fingerprint density at radius 2 is 1.52 bits per heavy atom. The van der Waals surface area contributed by atoms with Gasteiger partial charge in [-0.3, -0.25) is 33.4 Å². The first-order chi connectivity index (χ1) is 23.0. The fourth-order valence-corrected chi connectivity index (χ4v) is 7.07. The van der Waals surface area contributed by atoms with Crippen LogP contribution in [0, 0.1) is 0 Å². The highest BCUT2D eigenvalue weighted by molar-refractivity contribution is 9.10. The monoisotopic (exact) mass is 720 g/mol. The molecule has 254 valence electrons. The predicted octanol–water partition coefficient (Wildman–Crippen LogP) is 1.93. The summed E-state index contributed by atoms with van der Waals surface area (Å²) in [7, 11) is 7.52. The van der Waals surface area contributed by atoms with Gasteiger partial charge in [0.2, 0.25) is 5.88 Å². The van der Waals surface area contributed by atoms with Crippen molar-refractivity contribution in [2.24, 2.45) is 4.99 Å². The van der Waals surface area contributed by atoms with Crippen molar-refractivity contribution in [1.29, 1.82) is 0 Å². The molecule has 1 saturated heterocycles. The number of aromatic hydroxyl groups is 2. The fourth-order valence-electron chi connectivity index (χ4n) is 6.47. The van der Waals surface area contributed by atoms with Gasteiger partial charge in [-0.25, -0.2) is 0 Å². The number of rotatable bonds is 11. The molecule has 0 atom stereocenters. The summed E-state index contributed by atoms with van der Waals surface area (Å²) in [5.41, 5.74) is 1.07. The van der Waals surface area contributed by atoms with Crippen LogP contribution >= 0.6 is 15.9 Å². The molecule has 1 fully saturated rings. The van der Waals surface area contributed by atoms with Crippen LogP contribution < -0.4 is 22.0 Å². The maximum atomic E-state index is 14.2. The van der Waals surface area contributed by atoms with E-state index in [1.54, 1.807) is 18.2 Å². The molecular formula is C35H41BrN6O6. The number of benzene rings is 3. The molecule has 3 heterocycles. The zero-order valence-electron chi connectivity index (χ0n) is 27.8. The minimum Gasteiger partial charge on any atom is -0.508 e. The number of halogens is 1. The number of likely N-dealkylation sites (N-methyl/N-ethyl adjacent to an activating group) is 2. The third-order valence-corrected chi connectivity index (χ3v) is 9.72. The molecule has 3 aromatic rings. The van der Waals surface area contributed by atoms with E-state index >= 15 is 0 Å². The van der Waals surface area contributed by atoms with Gasteiger partial charge in [-0.15, -0.1) is 0 Å². The van der Waals surface area contributed by atoms with Gasteiger partial charge in [0.05, 0.1) is 34.9 Å². The van der Waals surface area contributed by atoms with E-state index < -0.39 is 16.7 Å². The van der Waals surface area contributed by atoms with E-state index in [4.69, 9.17) is 9.73 Å². The molecule has 6 rings (SSSR count). The van der Waals surface area contributed by atoms with E-state index in [0.29, 0.717) is 72.0 Å². The van der Waals surface area contributed by atoms with E-state index in [1.807, 2.05) is 50.1 Å². The lowest BCUT2D eigenvalue weighted by molar-refractivity contribution is 0.0339. The van der Waals surface area contributed by atoms with Gasteiger partial charge in [0.1, 0.15) is 5.75 Å². The van der Waals surface area contributed by atoms with Gasteiger partial charge in [-0.05, 0) is 74.3 Å². The number of morpholine rings is 1. The number of aromatic nitrogens is 2. The van der Waals surface area contributed by atoms with Crippen LogP contribution in [0.4, 0.5) is 0 Å². The highest BCUT2D eigenvalue weighted by Gasteiger charge is 2.28. The van der Waals surface area contributed by atoms with Gasteiger partial charge >= 0.3 is 0 Å². The summed E-state index contributed by atoms with van der Waals surface area (Å²) in [6, 6.07) is 8.82. The number of nitrogens with zero attached hydrogens (tertiary/aromatic N) is 6.